The molecule has 0 aliphatic carbocycles. The second-order valence-corrected chi connectivity index (χ2v) is 4.88. The first-order valence-corrected chi connectivity index (χ1v) is 7.25. The zero-order valence-electron chi connectivity index (χ0n) is 13.4. The van der Waals surface area contributed by atoms with Gasteiger partial charge >= 0.3 is 11.9 Å². The molecule has 9 heteroatoms. The lowest BCUT2D eigenvalue weighted by Crippen LogP contribution is -2.34. The van der Waals surface area contributed by atoms with E-state index >= 15 is 0 Å². The molecule has 7 N–H and O–H groups in total. The smallest absolute Gasteiger partial charge is 0.323 e. The fourth-order valence-corrected chi connectivity index (χ4v) is 1.74. The molecule has 0 radical (unpaired) electrons. The van der Waals surface area contributed by atoms with Gasteiger partial charge in [0.1, 0.15) is 6.04 Å². The molecular weight excluding hydrogens is 320 g/mol. The van der Waals surface area contributed by atoms with Crippen LogP contribution in [0.25, 0.3) is 0 Å². The number of carboxylic acids is 2. The summed E-state index contributed by atoms with van der Waals surface area (Å²) in [6.45, 7) is 0.553. The lowest BCUT2D eigenvalue weighted by molar-refractivity contribution is -0.142. The number of hydrogen-bond donors (Lipinski definition) is 6. The number of carboxylic acid groups (broad SMARTS) is 2. The van der Waals surface area contributed by atoms with Crippen molar-refractivity contribution >= 4 is 11.9 Å². The summed E-state index contributed by atoms with van der Waals surface area (Å²) in [6.07, 6.45) is 1.83. The van der Waals surface area contributed by atoms with Crippen molar-refractivity contribution in [1.82, 2.24) is 5.48 Å². The Bertz CT molecular complexity index is 523. The Balaban J connectivity index is 0.000000449. The first-order chi connectivity index (χ1) is 11.3. The minimum Gasteiger partial charge on any atom is -0.504 e. The van der Waals surface area contributed by atoms with Crippen molar-refractivity contribution in [2.75, 3.05) is 13.7 Å². The maximum absolute atomic E-state index is 10.3. The van der Waals surface area contributed by atoms with Crippen LogP contribution in [0.2, 0.25) is 0 Å². The molecule has 1 atom stereocenters. The van der Waals surface area contributed by atoms with Gasteiger partial charge in [-0.25, -0.2) is 0 Å². The number of nitrogens with two attached hydrogens (primary N) is 1. The number of hydrogen-bond acceptors (Lipinski definition) is 7. The number of methoxy groups -OCH3 is 1. The number of nitrogens with one attached hydrogen (secondary N) is 1. The van der Waals surface area contributed by atoms with Crippen LogP contribution in [0.4, 0.5) is 0 Å². The summed E-state index contributed by atoms with van der Waals surface area (Å²) in [5.74, 6) is -1.65. The third-order valence-corrected chi connectivity index (χ3v) is 3.00. The summed E-state index contributed by atoms with van der Waals surface area (Å²) < 4.78 is 4.82. The van der Waals surface area contributed by atoms with Gasteiger partial charge in [0.05, 0.1) is 13.5 Å². The summed E-state index contributed by atoms with van der Waals surface area (Å²) in [7, 11) is 1.42. The fraction of sp³-hybridized carbons (Fsp3) is 0.467. The van der Waals surface area contributed by atoms with Crippen molar-refractivity contribution in [2.45, 2.75) is 31.7 Å². The number of benzene rings is 1. The molecule has 0 fully saturated rings. The van der Waals surface area contributed by atoms with Gasteiger partial charge in [0.25, 0.3) is 0 Å². The summed E-state index contributed by atoms with van der Waals surface area (Å²) >= 11 is 0. The molecule has 0 aliphatic heterocycles. The van der Waals surface area contributed by atoms with Crippen molar-refractivity contribution in [3.63, 3.8) is 0 Å². The number of aliphatic carboxylic acids is 2. The van der Waals surface area contributed by atoms with Crippen molar-refractivity contribution < 1.29 is 34.9 Å². The minimum atomic E-state index is -1.04. The van der Waals surface area contributed by atoms with E-state index in [1.165, 1.54) is 19.2 Å². The molecule has 0 heterocycles. The maximum atomic E-state index is 10.3. The summed E-state index contributed by atoms with van der Waals surface area (Å²) in [5, 5.41) is 34.4. The Labute approximate surface area is 139 Å². The summed E-state index contributed by atoms with van der Waals surface area (Å²) in [5.41, 5.74) is 7.52. The SMILES string of the molecule is COc1cc(CC(=O)O)ccc1O.NCCCCC(NO)C(=O)O. The molecule has 9 nitrogen and oxygen atoms in total. The number of carbonyl (C=O) groups is 2. The van der Waals surface area contributed by atoms with E-state index in [1.54, 1.807) is 11.5 Å². The average molecular weight is 344 g/mol. The van der Waals surface area contributed by atoms with Crippen LogP contribution in [-0.4, -0.2) is 52.2 Å². The zero-order valence-corrected chi connectivity index (χ0v) is 13.4. The molecule has 1 aromatic carbocycles. The van der Waals surface area contributed by atoms with Crippen LogP contribution in [0, 0.1) is 0 Å². The molecule has 0 amide bonds. The van der Waals surface area contributed by atoms with Crippen LogP contribution in [0.5, 0.6) is 11.5 Å². The standard InChI is InChI=1S/C9H10O4.C6H14N2O3/c1-13-8-4-6(5-9(11)12)2-3-7(8)10;7-4-2-1-3-5(8-11)6(9)10/h2-4,10H,5H2,1H3,(H,11,12);5,8,11H,1-4,7H2,(H,9,10). The Morgan fingerprint density at radius 3 is 2.42 bits per heavy atom. The Hall–Kier alpha value is -2.36. The second-order valence-electron chi connectivity index (χ2n) is 4.88. The third-order valence-electron chi connectivity index (χ3n) is 3.00. The summed E-state index contributed by atoms with van der Waals surface area (Å²) in [6, 6.07) is 3.61. The van der Waals surface area contributed by atoms with Crippen LogP contribution < -0.4 is 16.0 Å². The number of hydroxylamine groups is 1. The molecule has 0 aliphatic rings. The summed E-state index contributed by atoms with van der Waals surface area (Å²) in [4.78, 5) is 20.6. The number of rotatable bonds is 9. The monoisotopic (exact) mass is 344 g/mol. The van der Waals surface area contributed by atoms with Gasteiger partial charge in [0, 0.05) is 0 Å². The molecule has 0 saturated heterocycles. The lowest BCUT2D eigenvalue weighted by Gasteiger charge is -2.08. The van der Waals surface area contributed by atoms with Gasteiger partial charge in [-0.2, -0.15) is 5.48 Å². The van der Waals surface area contributed by atoms with Gasteiger partial charge < -0.3 is 31.0 Å². The molecule has 1 rings (SSSR count). The van der Waals surface area contributed by atoms with Gasteiger partial charge in [-0.3, -0.25) is 9.59 Å². The van der Waals surface area contributed by atoms with Crippen molar-refractivity contribution in [1.29, 1.82) is 0 Å². The highest BCUT2D eigenvalue weighted by Gasteiger charge is 2.14. The van der Waals surface area contributed by atoms with Crippen LogP contribution in [0.1, 0.15) is 24.8 Å². The highest BCUT2D eigenvalue weighted by Crippen LogP contribution is 2.26. The number of phenols is 1. The minimum absolute atomic E-state index is 0.0108. The van der Waals surface area contributed by atoms with Crippen LogP contribution >= 0.6 is 0 Å². The van der Waals surface area contributed by atoms with Crippen molar-refractivity contribution in [3.8, 4) is 11.5 Å². The van der Waals surface area contributed by atoms with E-state index < -0.39 is 18.0 Å². The molecule has 0 spiro atoms. The second kappa shape index (κ2) is 12.1. The molecule has 1 aromatic rings. The van der Waals surface area contributed by atoms with E-state index in [0.29, 0.717) is 30.7 Å². The largest absolute Gasteiger partial charge is 0.504 e. The van der Waals surface area contributed by atoms with Gasteiger partial charge in [0.2, 0.25) is 0 Å². The fourth-order valence-electron chi connectivity index (χ4n) is 1.74. The third kappa shape index (κ3) is 8.93. The highest BCUT2D eigenvalue weighted by molar-refractivity contribution is 5.73. The topological polar surface area (TPSA) is 162 Å². The highest BCUT2D eigenvalue weighted by atomic mass is 16.5. The first kappa shape index (κ1) is 21.6. The van der Waals surface area contributed by atoms with E-state index in [4.69, 9.17) is 25.9 Å². The van der Waals surface area contributed by atoms with Gasteiger partial charge in [-0.15, -0.1) is 0 Å². The number of unbranched alkanes of at least 4 members (excludes halogenated alkanes) is 1. The van der Waals surface area contributed by atoms with Gasteiger partial charge in [-0.1, -0.05) is 6.07 Å². The lowest BCUT2D eigenvalue weighted by atomic mass is 10.1. The van der Waals surface area contributed by atoms with E-state index in [9.17, 15) is 14.7 Å². The maximum Gasteiger partial charge on any atom is 0.323 e. The first-order valence-electron chi connectivity index (χ1n) is 7.25. The molecule has 1 unspecified atom stereocenters. The van der Waals surface area contributed by atoms with Crippen molar-refractivity contribution in [2.24, 2.45) is 5.73 Å². The number of aromatic hydroxyl groups is 1. The molecular formula is C15H24N2O7. The van der Waals surface area contributed by atoms with Crippen LogP contribution in [0.15, 0.2) is 18.2 Å². The van der Waals surface area contributed by atoms with E-state index in [2.05, 4.69) is 0 Å². The molecule has 24 heavy (non-hydrogen) atoms. The normalized spacial score (nSPS) is 11.1. The molecule has 0 bridgehead atoms. The number of phenolic OH excluding ortho intramolecular Hbond substituents is 1. The van der Waals surface area contributed by atoms with Crippen LogP contribution in [0.3, 0.4) is 0 Å². The van der Waals surface area contributed by atoms with E-state index in [0.717, 1.165) is 6.42 Å². The van der Waals surface area contributed by atoms with Crippen LogP contribution in [-0.2, 0) is 16.0 Å². The van der Waals surface area contributed by atoms with Crippen molar-refractivity contribution in [3.05, 3.63) is 23.8 Å². The van der Waals surface area contributed by atoms with Gasteiger partial charge in [0.15, 0.2) is 11.5 Å². The quantitative estimate of drug-likeness (QED) is 0.278. The predicted octanol–water partition coefficient (Wildman–Crippen LogP) is 0.575. The zero-order chi connectivity index (χ0) is 18.5. The van der Waals surface area contributed by atoms with E-state index in [-0.39, 0.29) is 12.2 Å². The molecule has 0 aromatic heterocycles. The Morgan fingerprint density at radius 1 is 1.29 bits per heavy atom. The Morgan fingerprint density at radius 2 is 1.96 bits per heavy atom. The molecule has 136 valence electrons. The average Bonchev–Trinajstić information content (AvgIpc) is 2.53. The van der Waals surface area contributed by atoms with E-state index in [1.807, 2.05) is 0 Å². The number of ether oxygens (including phenoxy) is 1. The van der Waals surface area contributed by atoms with Gasteiger partial charge in [-0.05, 0) is 43.5 Å². The Kier molecular flexibility index (Phi) is 10.9. The predicted molar refractivity (Wildman–Crippen MR) is 85.3 cm³/mol. The molecule has 0 saturated carbocycles.